The molecule has 1 aromatic rings. The highest BCUT2D eigenvalue weighted by molar-refractivity contribution is 5.35. The largest absolute Gasteiger partial charge is 0.494 e. The first-order valence-corrected chi connectivity index (χ1v) is 8.94. The smallest absolute Gasteiger partial charge is 0.127 e. The normalized spacial score (nSPS) is 22.0. The molecule has 1 fully saturated rings. The molecule has 2 rings (SSSR count). The van der Waals surface area contributed by atoms with Crippen LogP contribution in [0.25, 0.3) is 0 Å². The molecule has 0 saturated carbocycles. The molecule has 1 aliphatic heterocycles. The van der Waals surface area contributed by atoms with Crippen LogP contribution in [0.3, 0.4) is 0 Å². The van der Waals surface area contributed by atoms with Gasteiger partial charge in [0.05, 0.1) is 20.2 Å². The average molecular weight is 306 g/mol. The highest BCUT2D eigenvalue weighted by Gasteiger charge is 2.18. The topological polar surface area (TPSA) is 18.1 Å². The third kappa shape index (κ3) is 5.62. The van der Waals surface area contributed by atoms with E-state index >= 15 is 0 Å². The number of unbranched alkanes of at least 4 members (excludes halogenated alkanes) is 1. The van der Waals surface area contributed by atoms with Gasteiger partial charge in [-0.15, -0.1) is 0 Å². The van der Waals surface area contributed by atoms with Crippen LogP contribution in [0.1, 0.15) is 43.7 Å². The Balaban J connectivity index is 1.66. The maximum atomic E-state index is 5.97. The maximum Gasteiger partial charge on any atom is 0.127 e. The Labute approximate surface area is 136 Å². The van der Waals surface area contributed by atoms with Crippen molar-refractivity contribution in [3.05, 3.63) is 29.3 Å². The van der Waals surface area contributed by atoms with Gasteiger partial charge in [-0.3, -0.25) is 0 Å². The lowest BCUT2D eigenvalue weighted by Crippen LogP contribution is -3.27. The summed E-state index contributed by atoms with van der Waals surface area (Å²) in [7, 11) is 2.30. The first-order chi connectivity index (χ1) is 10.5. The Bertz CT molecular complexity index is 451. The van der Waals surface area contributed by atoms with Crippen molar-refractivity contribution in [1.29, 1.82) is 0 Å². The van der Waals surface area contributed by atoms with Gasteiger partial charge in [-0.25, -0.2) is 0 Å². The van der Waals surface area contributed by atoms with Crippen molar-refractivity contribution in [3.8, 4) is 5.75 Å². The first kappa shape index (κ1) is 17.3. The fraction of sp³-hybridized carbons (Fsp3) is 0.684. The second-order valence-corrected chi connectivity index (χ2v) is 7.25. The van der Waals surface area contributed by atoms with E-state index in [0.29, 0.717) is 5.92 Å². The summed E-state index contributed by atoms with van der Waals surface area (Å²) in [5.74, 6) is 1.60. The Hall–Kier alpha value is -1.06. The summed E-state index contributed by atoms with van der Waals surface area (Å²) >= 11 is 0. The Morgan fingerprint density at radius 2 is 1.77 bits per heavy atom. The van der Waals surface area contributed by atoms with Crippen LogP contribution in [0.5, 0.6) is 5.75 Å². The minimum atomic E-state index is 0.560. The molecule has 0 aliphatic carbocycles. The number of quaternary nitrogens is 2. The van der Waals surface area contributed by atoms with Crippen molar-refractivity contribution in [2.45, 2.75) is 39.5 Å². The van der Waals surface area contributed by atoms with Crippen molar-refractivity contribution in [3.63, 3.8) is 0 Å². The molecule has 22 heavy (non-hydrogen) atoms. The molecule has 0 atom stereocenters. The van der Waals surface area contributed by atoms with E-state index in [1.807, 2.05) is 0 Å². The zero-order chi connectivity index (χ0) is 15.9. The Kier molecular flexibility index (Phi) is 6.71. The summed E-state index contributed by atoms with van der Waals surface area (Å²) in [6.45, 7) is 14.1. The molecule has 1 heterocycles. The quantitative estimate of drug-likeness (QED) is 0.710. The van der Waals surface area contributed by atoms with Gasteiger partial charge in [0.25, 0.3) is 0 Å². The lowest BCUT2D eigenvalue weighted by Gasteiger charge is -2.27. The van der Waals surface area contributed by atoms with E-state index in [9.17, 15) is 0 Å². The molecule has 3 heteroatoms. The minimum Gasteiger partial charge on any atom is -0.494 e. The summed E-state index contributed by atoms with van der Waals surface area (Å²) < 4.78 is 5.97. The van der Waals surface area contributed by atoms with Crippen LogP contribution < -0.4 is 14.5 Å². The van der Waals surface area contributed by atoms with Gasteiger partial charge in [-0.05, 0) is 48.9 Å². The molecule has 0 aromatic heterocycles. The zero-order valence-corrected chi connectivity index (χ0v) is 14.9. The summed E-state index contributed by atoms with van der Waals surface area (Å²) in [5.41, 5.74) is 2.67. The van der Waals surface area contributed by atoms with Crippen LogP contribution >= 0.6 is 0 Å². The van der Waals surface area contributed by atoms with Crippen LogP contribution in [-0.2, 0) is 0 Å². The van der Waals surface area contributed by atoms with Gasteiger partial charge in [0.1, 0.15) is 31.9 Å². The van der Waals surface area contributed by atoms with Gasteiger partial charge >= 0.3 is 0 Å². The molecule has 0 radical (unpaired) electrons. The number of rotatable bonds is 7. The van der Waals surface area contributed by atoms with Gasteiger partial charge in [-0.1, -0.05) is 19.9 Å². The lowest BCUT2D eigenvalue weighted by atomic mass is 10.0. The van der Waals surface area contributed by atoms with E-state index in [1.165, 1.54) is 50.3 Å². The molecule has 124 valence electrons. The average Bonchev–Trinajstić information content (AvgIpc) is 2.48. The molecule has 0 spiro atoms. The van der Waals surface area contributed by atoms with Gasteiger partial charge in [0, 0.05) is 0 Å². The van der Waals surface area contributed by atoms with Crippen molar-refractivity contribution in [1.82, 2.24) is 0 Å². The van der Waals surface area contributed by atoms with Crippen molar-refractivity contribution >= 4 is 0 Å². The van der Waals surface area contributed by atoms with Gasteiger partial charge in [-0.2, -0.15) is 0 Å². The molecule has 1 saturated heterocycles. The molecule has 2 N–H and O–H groups in total. The molecular weight excluding hydrogens is 272 g/mol. The lowest BCUT2D eigenvalue weighted by molar-refractivity contribution is -1.00. The molecule has 1 aromatic carbocycles. The first-order valence-electron chi connectivity index (χ1n) is 8.94. The summed E-state index contributed by atoms with van der Waals surface area (Å²) in [6.07, 6.45) is 2.44. The predicted molar refractivity (Wildman–Crippen MR) is 92.2 cm³/mol. The van der Waals surface area contributed by atoms with E-state index in [1.54, 1.807) is 9.80 Å². The second kappa shape index (κ2) is 8.54. The van der Waals surface area contributed by atoms with Crippen LogP contribution in [0.15, 0.2) is 18.2 Å². The van der Waals surface area contributed by atoms with E-state index in [-0.39, 0.29) is 0 Å². The van der Waals surface area contributed by atoms with Gasteiger partial charge in [0.15, 0.2) is 0 Å². The van der Waals surface area contributed by atoms with Crippen LogP contribution in [0.2, 0.25) is 0 Å². The highest BCUT2D eigenvalue weighted by Crippen LogP contribution is 2.22. The standard InChI is InChI=1S/C19H32N2O/c1-16(2)18-13-17(3)14-19(15-18)22-12-6-5-7-21-10-8-20(4)9-11-21/h13-16H,5-12H2,1-4H3/p+2. The Morgan fingerprint density at radius 1 is 1.05 bits per heavy atom. The van der Waals surface area contributed by atoms with Crippen LogP contribution in [0.4, 0.5) is 0 Å². The number of aryl methyl sites for hydroxylation is 1. The number of hydrogen-bond acceptors (Lipinski definition) is 1. The molecule has 1 aliphatic rings. The van der Waals surface area contributed by atoms with Crippen molar-refractivity contribution in [2.75, 3.05) is 46.4 Å². The number of hydrogen-bond donors (Lipinski definition) is 2. The molecular formula is C19H34N2O+2. The summed E-state index contributed by atoms with van der Waals surface area (Å²) in [5, 5.41) is 0. The fourth-order valence-electron chi connectivity index (χ4n) is 3.14. The van der Waals surface area contributed by atoms with Crippen LogP contribution in [-0.4, -0.2) is 46.4 Å². The zero-order valence-electron chi connectivity index (χ0n) is 14.9. The van der Waals surface area contributed by atoms with Gasteiger partial charge in [0.2, 0.25) is 0 Å². The number of nitrogens with one attached hydrogen (secondary N) is 2. The minimum absolute atomic E-state index is 0.560. The van der Waals surface area contributed by atoms with Gasteiger partial charge < -0.3 is 14.5 Å². The fourth-order valence-corrected chi connectivity index (χ4v) is 3.14. The van der Waals surface area contributed by atoms with Crippen molar-refractivity contribution < 1.29 is 14.5 Å². The molecule has 0 bridgehead atoms. The van der Waals surface area contributed by atoms with Crippen molar-refractivity contribution in [2.24, 2.45) is 0 Å². The molecule has 0 amide bonds. The second-order valence-electron chi connectivity index (χ2n) is 7.25. The van der Waals surface area contributed by atoms with E-state index in [4.69, 9.17) is 4.74 Å². The predicted octanol–water partition coefficient (Wildman–Crippen LogP) is 0.691. The number of benzene rings is 1. The summed E-state index contributed by atoms with van der Waals surface area (Å²) in [4.78, 5) is 3.47. The molecule has 0 unspecified atom stereocenters. The third-order valence-electron chi connectivity index (χ3n) is 4.74. The number of ether oxygens (including phenoxy) is 1. The summed E-state index contributed by atoms with van der Waals surface area (Å²) in [6, 6.07) is 6.61. The van der Waals surface area contributed by atoms with E-state index < -0.39 is 0 Å². The SMILES string of the molecule is Cc1cc(OCCCC[NH+]2CC[NH+](C)CC2)cc(C(C)C)c1. The number of piperazine rings is 1. The molecule has 3 nitrogen and oxygen atoms in total. The highest BCUT2D eigenvalue weighted by atomic mass is 16.5. The Morgan fingerprint density at radius 3 is 2.45 bits per heavy atom. The van der Waals surface area contributed by atoms with E-state index in [0.717, 1.165) is 18.8 Å². The monoisotopic (exact) mass is 306 g/mol. The van der Waals surface area contributed by atoms with E-state index in [2.05, 4.69) is 46.0 Å². The number of likely N-dealkylation sites (N-methyl/N-ethyl adjacent to an activating group) is 1. The van der Waals surface area contributed by atoms with Crippen LogP contribution in [0, 0.1) is 6.92 Å². The third-order valence-corrected chi connectivity index (χ3v) is 4.74. The maximum absolute atomic E-state index is 5.97.